The summed E-state index contributed by atoms with van der Waals surface area (Å²) in [7, 11) is 1.78. The number of nitrogens with zero attached hydrogens (tertiary/aromatic N) is 5. The van der Waals surface area contributed by atoms with Gasteiger partial charge in [0, 0.05) is 70.7 Å². The molecular weight excluding hydrogens is 386 g/mol. The molecule has 0 unspecified atom stereocenters. The molecule has 1 amide bonds. The summed E-state index contributed by atoms with van der Waals surface area (Å²) in [6, 6.07) is 9.92. The number of hydrogen-bond donors (Lipinski definition) is 2. The number of carbonyl (C=O) groups excluding carboxylic acids is 1. The summed E-state index contributed by atoms with van der Waals surface area (Å²) < 4.78 is 4.37. The number of guanidine groups is 1. The molecule has 9 heteroatoms. The topological polar surface area (TPSA) is 85.8 Å². The third-order valence-electron chi connectivity index (χ3n) is 4.80. The zero-order chi connectivity index (χ0) is 20.5. The molecule has 1 aromatic heterocycles. The van der Waals surface area contributed by atoms with Crippen LogP contribution in [-0.2, 0) is 17.8 Å². The SMILES string of the molecule is CCc1nsc(N2CCN(C(=NC)NCCC(=O)NCc3ccccc3)CC2)n1. The van der Waals surface area contributed by atoms with E-state index < -0.39 is 0 Å². The van der Waals surface area contributed by atoms with E-state index in [1.807, 2.05) is 30.3 Å². The van der Waals surface area contributed by atoms with Gasteiger partial charge in [0.25, 0.3) is 0 Å². The number of amides is 1. The van der Waals surface area contributed by atoms with Crippen LogP contribution in [0, 0.1) is 0 Å². The van der Waals surface area contributed by atoms with Crippen LogP contribution >= 0.6 is 11.5 Å². The van der Waals surface area contributed by atoms with E-state index in [4.69, 9.17) is 0 Å². The molecular formula is C20H29N7OS. The molecule has 1 aromatic carbocycles. The molecule has 0 spiro atoms. The number of carbonyl (C=O) groups is 1. The lowest BCUT2D eigenvalue weighted by molar-refractivity contribution is -0.121. The highest BCUT2D eigenvalue weighted by Crippen LogP contribution is 2.19. The summed E-state index contributed by atoms with van der Waals surface area (Å²) in [5.41, 5.74) is 1.10. The lowest BCUT2D eigenvalue weighted by Crippen LogP contribution is -2.52. The zero-order valence-corrected chi connectivity index (χ0v) is 17.9. The highest BCUT2D eigenvalue weighted by atomic mass is 32.1. The molecule has 3 rings (SSSR count). The van der Waals surface area contributed by atoms with Crippen LogP contribution in [0.2, 0.25) is 0 Å². The average molecular weight is 416 g/mol. The van der Waals surface area contributed by atoms with Crippen molar-refractivity contribution < 1.29 is 4.79 Å². The minimum atomic E-state index is 0.0321. The number of aromatic nitrogens is 2. The Balaban J connectivity index is 1.37. The van der Waals surface area contributed by atoms with Crippen LogP contribution in [0.15, 0.2) is 35.3 Å². The number of aliphatic imine (C=N–C) groups is 1. The van der Waals surface area contributed by atoms with Gasteiger partial charge < -0.3 is 20.4 Å². The van der Waals surface area contributed by atoms with Crippen molar-refractivity contribution in [1.82, 2.24) is 24.9 Å². The van der Waals surface area contributed by atoms with E-state index >= 15 is 0 Å². The van der Waals surface area contributed by atoms with Gasteiger partial charge in [-0.25, -0.2) is 4.98 Å². The lowest BCUT2D eigenvalue weighted by Gasteiger charge is -2.36. The van der Waals surface area contributed by atoms with E-state index in [0.29, 0.717) is 19.5 Å². The molecule has 2 N–H and O–H groups in total. The number of benzene rings is 1. The number of nitrogens with one attached hydrogen (secondary N) is 2. The molecule has 2 heterocycles. The van der Waals surface area contributed by atoms with Crippen LogP contribution in [0.25, 0.3) is 0 Å². The molecule has 29 heavy (non-hydrogen) atoms. The number of piperazine rings is 1. The standard InChI is InChI=1S/C20H29N7OS/c1-3-17-24-20(29-25-17)27-13-11-26(12-14-27)19(21-2)22-10-9-18(28)23-15-16-7-5-4-6-8-16/h4-8H,3,9-15H2,1-2H3,(H,21,22)(H,23,28). The van der Waals surface area contributed by atoms with Crippen LogP contribution < -0.4 is 15.5 Å². The average Bonchev–Trinajstić information content (AvgIpc) is 3.26. The highest BCUT2D eigenvalue weighted by molar-refractivity contribution is 7.09. The monoisotopic (exact) mass is 415 g/mol. The van der Waals surface area contributed by atoms with Gasteiger partial charge in [0.1, 0.15) is 5.82 Å². The predicted octanol–water partition coefficient (Wildman–Crippen LogP) is 1.50. The van der Waals surface area contributed by atoms with Gasteiger partial charge in [0.15, 0.2) is 5.96 Å². The first-order valence-electron chi connectivity index (χ1n) is 10.0. The molecule has 1 aliphatic rings. The lowest BCUT2D eigenvalue weighted by atomic mass is 10.2. The molecule has 1 aliphatic heterocycles. The largest absolute Gasteiger partial charge is 0.356 e. The van der Waals surface area contributed by atoms with Crippen LogP contribution in [-0.4, -0.2) is 65.9 Å². The summed E-state index contributed by atoms with van der Waals surface area (Å²) in [6.07, 6.45) is 1.28. The summed E-state index contributed by atoms with van der Waals surface area (Å²) in [6.45, 7) is 6.68. The maximum atomic E-state index is 12.1. The molecule has 156 valence electrons. The number of rotatable bonds is 7. The van der Waals surface area contributed by atoms with Gasteiger partial charge in [0.2, 0.25) is 11.0 Å². The second kappa shape index (κ2) is 10.8. The molecule has 1 saturated heterocycles. The first-order valence-corrected chi connectivity index (χ1v) is 10.8. The molecule has 8 nitrogen and oxygen atoms in total. The van der Waals surface area contributed by atoms with Crippen molar-refractivity contribution in [3.8, 4) is 0 Å². The third-order valence-corrected chi connectivity index (χ3v) is 5.62. The normalized spacial score (nSPS) is 14.8. The molecule has 0 atom stereocenters. The minimum Gasteiger partial charge on any atom is -0.356 e. The second-order valence-electron chi connectivity index (χ2n) is 6.81. The van der Waals surface area contributed by atoms with Crippen molar-refractivity contribution in [3.05, 3.63) is 41.7 Å². The van der Waals surface area contributed by atoms with E-state index in [1.54, 1.807) is 7.05 Å². The summed E-state index contributed by atoms with van der Waals surface area (Å²) in [4.78, 5) is 25.5. The van der Waals surface area contributed by atoms with Crippen molar-refractivity contribution in [3.63, 3.8) is 0 Å². The quantitative estimate of drug-likeness (QED) is 0.527. The number of anilines is 1. The van der Waals surface area contributed by atoms with Gasteiger partial charge in [-0.3, -0.25) is 9.79 Å². The van der Waals surface area contributed by atoms with Crippen molar-refractivity contribution >= 4 is 28.5 Å². The number of hydrogen-bond acceptors (Lipinski definition) is 6. The van der Waals surface area contributed by atoms with E-state index in [0.717, 1.165) is 55.1 Å². The summed E-state index contributed by atoms with van der Waals surface area (Å²) >= 11 is 1.47. The Morgan fingerprint density at radius 3 is 2.59 bits per heavy atom. The van der Waals surface area contributed by atoms with Crippen LogP contribution in [0.1, 0.15) is 24.7 Å². The Hall–Kier alpha value is -2.68. The molecule has 0 aliphatic carbocycles. The fourth-order valence-corrected chi connectivity index (χ4v) is 3.93. The van der Waals surface area contributed by atoms with Crippen molar-refractivity contribution in [1.29, 1.82) is 0 Å². The minimum absolute atomic E-state index is 0.0321. The van der Waals surface area contributed by atoms with E-state index in [1.165, 1.54) is 11.5 Å². The predicted molar refractivity (Wildman–Crippen MR) is 117 cm³/mol. The van der Waals surface area contributed by atoms with E-state index in [2.05, 4.69) is 41.7 Å². The fraction of sp³-hybridized carbons (Fsp3) is 0.500. The third kappa shape index (κ3) is 6.15. The molecule has 0 radical (unpaired) electrons. The van der Waals surface area contributed by atoms with Crippen LogP contribution in [0.4, 0.5) is 5.13 Å². The van der Waals surface area contributed by atoms with Crippen molar-refractivity contribution in [2.75, 3.05) is 44.7 Å². The van der Waals surface area contributed by atoms with Gasteiger partial charge in [-0.15, -0.1) is 0 Å². The molecule has 2 aromatic rings. The van der Waals surface area contributed by atoms with Gasteiger partial charge >= 0.3 is 0 Å². The van der Waals surface area contributed by atoms with Crippen molar-refractivity contribution in [2.24, 2.45) is 4.99 Å². The molecule has 1 fully saturated rings. The van der Waals surface area contributed by atoms with Crippen LogP contribution in [0.3, 0.4) is 0 Å². The summed E-state index contributed by atoms with van der Waals surface area (Å²) in [5.74, 6) is 1.78. The molecule has 0 bridgehead atoms. The van der Waals surface area contributed by atoms with Crippen molar-refractivity contribution in [2.45, 2.75) is 26.3 Å². The van der Waals surface area contributed by atoms with E-state index in [9.17, 15) is 4.79 Å². The van der Waals surface area contributed by atoms with Gasteiger partial charge in [-0.1, -0.05) is 37.3 Å². The van der Waals surface area contributed by atoms with E-state index in [-0.39, 0.29) is 5.91 Å². The fourth-order valence-electron chi connectivity index (χ4n) is 3.13. The second-order valence-corrected chi connectivity index (χ2v) is 7.54. The first kappa shape index (κ1) is 21.0. The van der Waals surface area contributed by atoms with Gasteiger partial charge in [-0.2, -0.15) is 4.37 Å². The Morgan fingerprint density at radius 2 is 1.93 bits per heavy atom. The first-order chi connectivity index (χ1) is 14.2. The maximum Gasteiger partial charge on any atom is 0.222 e. The molecule has 0 saturated carbocycles. The smallest absolute Gasteiger partial charge is 0.222 e. The zero-order valence-electron chi connectivity index (χ0n) is 17.1. The van der Waals surface area contributed by atoms with Gasteiger partial charge in [0.05, 0.1) is 0 Å². The summed E-state index contributed by atoms with van der Waals surface area (Å²) in [5, 5.41) is 7.26. The Morgan fingerprint density at radius 1 is 1.17 bits per heavy atom. The van der Waals surface area contributed by atoms with Crippen LogP contribution in [0.5, 0.6) is 0 Å². The van der Waals surface area contributed by atoms with Gasteiger partial charge in [-0.05, 0) is 5.56 Å². The Bertz CT molecular complexity index is 800. The highest BCUT2D eigenvalue weighted by Gasteiger charge is 2.22. The number of aryl methyl sites for hydroxylation is 1. The maximum absolute atomic E-state index is 12.1. The Labute approximate surface area is 176 Å². The Kier molecular flexibility index (Phi) is 7.80.